The Morgan fingerprint density at radius 3 is 2.79 bits per heavy atom. The molecule has 1 aliphatic rings. The zero-order chi connectivity index (χ0) is 13.1. The van der Waals surface area contributed by atoms with Crippen molar-refractivity contribution in [2.24, 2.45) is 0 Å². The number of rotatable bonds is 3. The Balaban J connectivity index is 1.80. The molecule has 1 N–H and O–H groups in total. The molecule has 0 radical (unpaired) electrons. The molecule has 1 saturated heterocycles. The Hall–Kier alpha value is -2.01. The van der Waals surface area contributed by atoms with Crippen LogP contribution in [-0.2, 0) is 0 Å². The van der Waals surface area contributed by atoms with Crippen LogP contribution >= 0.6 is 0 Å². The molecule has 3 rings (SSSR count). The summed E-state index contributed by atoms with van der Waals surface area (Å²) in [5, 5.41) is 3.23. The third-order valence-corrected chi connectivity index (χ3v) is 3.05. The van der Waals surface area contributed by atoms with Crippen LogP contribution in [0.2, 0.25) is 0 Å². The van der Waals surface area contributed by atoms with Crippen molar-refractivity contribution in [3.63, 3.8) is 0 Å². The van der Waals surface area contributed by atoms with Crippen molar-refractivity contribution < 1.29 is 9.13 Å². The minimum atomic E-state index is -0.263. The van der Waals surface area contributed by atoms with E-state index in [1.807, 2.05) is 0 Å². The molecule has 1 fully saturated rings. The zero-order valence-corrected chi connectivity index (χ0v) is 10.3. The lowest BCUT2D eigenvalue weighted by Crippen LogP contribution is -2.20. The van der Waals surface area contributed by atoms with Gasteiger partial charge in [0.15, 0.2) is 0 Å². The van der Waals surface area contributed by atoms with E-state index >= 15 is 0 Å². The van der Waals surface area contributed by atoms with Gasteiger partial charge in [0.05, 0.1) is 18.1 Å². The highest BCUT2D eigenvalue weighted by Crippen LogP contribution is 2.20. The van der Waals surface area contributed by atoms with E-state index in [9.17, 15) is 4.39 Å². The monoisotopic (exact) mass is 259 g/mol. The second-order valence-electron chi connectivity index (χ2n) is 4.48. The molecule has 19 heavy (non-hydrogen) atoms. The molecular weight excluding hydrogens is 245 g/mol. The van der Waals surface area contributed by atoms with Gasteiger partial charge in [-0.1, -0.05) is 0 Å². The fourth-order valence-corrected chi connectivity index (χ4v) is 2.06. The standard InChI is InChI=1S/C14H14FN3O/c15-11-3-1-10(2-4-11)13-8-17-9-14(18-13)19-12-5-6-16-7-12/h1-4,8-9,12,16H,5-7H2. The average Bonchev–Trinajstić information content (AvgIpc) is 2.93. The molecule has 98 valence electrons. The van der Waals surface area contributed by atoms with Crippen LogP contribution in [0, 0.1) is 5.82 Å². The van der Waals surface area contributed by atoms with E-state index in [0.717, 1.165) is 25.1 Å². The van der Waals surface area contributed by atoms with E-state index in [0.29, 0.717) is 11.6 Å². The summed E-state index contributed by atoms with van der Waals surface area (Å²) in [5.41, 5.74) is 1.51. The van der Waals surface area contributed by atoms with E-state index in [4.69, 9.17) is 4.74 Å². The first-order valence-electron chi connectivity index (χ1n) is 6.26. The van der Waals surface area contributed by atoms with Crippen molar-refractivity contribution in [2.75, 3.05) is 13.1 Å². The van der Waals surface area contributed by atoms with E-state index < -0.39 is 0 Å². The smallest absolute Gasteiger partial charge is 0.233 e. The third kappa shape index (κ3) is 2.88. The Kier molecular flexibility index (Phi) is 3.37. The van der Waals surface area contributed by atoms with Gasteiger partial charge in [-0.25, -0.2) is 9.37 Å². The van der Waals surface area contributed by atoms with Crippen molar-refractivity contribution >= 4 is 0 Å². The third-order valence-electron chi connectivity index (χ3n) is 3.05. The SMILES string of the molecule is Fc1ccc(-c2cncc(OC3CCNC3)n2)cc1. The molecule has 2 heterocycles. The summed E-state index contributed by atoms with van der Waals surface area (Å²) < 4.78 is 18.6. The van der Waals surface area contributed by atoms with Crippen molar-refractivity contribution in [1.82, 2.24) is 15.3 Å². The minimum absolute atomic E-state index is 0.151. The summed E-state index contributed by atoms with van der Waals surface area (Å²) in [6, 6.07) is 6.18. The number of hydrogen-bond donors (Lipinski definition) is 1. The zero-order valence-electron chi connectivity index (χ0n) is 10.3. The predicted molar refractivity (Wildman–Crippen MR) is 69.3 cm³/mol. The summed E-state index contributed by atoms with van der Waals surface area (Å²) >= 11 is 0. The number of hydrogen-bond acceptors (Lipinski definition) is 4. The van der Waals surface area contributed by atoms with Crippen molar-refractivity contribution in [3.05, 3.63) is 42.5 Å². The number of benzene rings is 1. The molecule has 1 aliphatic heterocycles. The summed E-state index contributed by atoms with van der Waals surface area (Å²) in [6.45, 7) is 1.80. The van der Waals surface area contributed by atoms with E-state index in [1.165, 1.54) is 12.1 Å². The van der Waals surface area contributed by atoms with Gasteiger partial charge in [-0.2, -0.15) is 0 Å². The topological polar surface area (TPSA) is 47.0 Å². The lowest BCUT2D eigenvalue weighted by molar-refractivity contribution is 0.213. The molecular formula is C14H14FN3O. The van der Waals surface area contributed by atoms with Gasteiger partial charge >= 0.3 is 0 Å². The maximum atomic E-state index is 12.9. The summed E-state index contributed by atoms with van der Waals surface area (Å²) in [7, 11) is 0. The summed E-state index contributed by atoms with van der Waals surface area (Å²) in [4.78, 5) is 8.53. The van der Waals surface area contributed by atoms with Gasteiger partial charge in [0, 0.05) is 12.1 Å². The fraction of sp³-hybridized carbons (Fsp3) is 0.286. The first kappa shape index (κ1) is 12.0. The molecule has 0 aliphatic carbocycles. The van der Waals surface area contributed by atoms with Gasteiger partial charge in [-0.15, -0.1) is 0 Å². The number of nitrogens with one attached hydrogen (secondary N) is 1. The van der Waals surface area contributed by atoms with Crippen LogP contribution in [-0.4, -0.2) is 29.2 Å². The van der Waals surface area contributed by atoms with Gasteiger partial charge in [0.2, 0.25) is 5.88 Å². The predicted octanol–water partition coefficient (Wildman–Crippen LogP) is 2.02. The Bertz CT molecular complexity index is 553. The second kappa shape index (κ2) is 5.32. The summed E-state index contributed by atoms with van der Waals surface area (Å²) in [6.07, 6.45) is 4.37. The number of halogens is 1. The van der Waals surface area contributed by atoms with Crippen molar-refractivity contribution in [2.45, 2.75) is 12.5 Å². The molecule has 0 amide bonds. The van der Waals surface area contributed by atoms with Crippen LogP contribution in [0.25, 0.3) is 11.3 Å². The summed E-state index contributed by atoms with van der Waals surface area (Å²) in [5.74, 6) is 0.247. The number of aromatic nitrogens is 2. The van der Waals surface area contributed by atoms with E-state index in [1.54, 1.807) is 24.5 Å². The van der Waals surface area contributed by atoms with Crippen LogP contribution in [0.4, 0.5) is 4.39 Å². The van der Waals surface area contributed by atoms with Crippen molar-refractivity contribution in [1.29, 1.82) is 0 Å². The largest absolute Gasteiger partial charge is 0.472 e. The Morgan fingerprint density at radius 2 is 2.05 bits per heavy atom. The van der Waals surface area contributed by atoms with Gasteiger partial charge < -0.3 is 10.1 Å². The molecule has 4 nitrogen and oxygen atoms in total. The first-order chi connectivity index (χ1) is 9.31. The highest BCUT2D eigenvalue weighted by Gasteiger charge is 2.16. The molecule has 2 aromatic rings. The highest BCUT2D eigenvalue weighted by molar-refractivity contribution is 5.58. The van der Waals surface area contributed by atoms with Crippen LogP contribution in [0.1, 0.15) is 6.42 Å². The van der Waals surface area contributed by atoms with Crippen LogP contribution in [0.5, 0.6) is 5.88 Å². The fourth-order valence-electron chi connectivity index (χ4n) is 2.06. The van der Waals surface area contributed by atoms with Crippen LogP contribution in [0.15, 0.2) is 36.7 Å². The maximum Gasteiger partial charge on any atom is 0.233 e. The Labute approximate surface area is 110 Å². The lowest BCUT2D eigenvalue weighted by Gasteiger charge is -2.11. The van der Waals surface area contributed by atoms with E-state index in [2.05, 4.69) is 15.3 Å². The normalized spacial score (nSPS) is 18.5. The maximum absolute atomic E-state index is 12.9. The molecule has 0 bridgehead atoms. The minimum Gasteiger partial charge on any atom is -0.472 e. The van der Waals surface area contributed by atoms with Crippen molar-refractivity contribution in [3.8, 4) is 17.1 Å². The van der Waals surface area contributed by atoms with Gasteiger partial charge in [0.1, 0.15) is 11.9 Å². The molecule has 1 atom stereocenters. The number of nitrogens with zero attached hydrogens (tertiary/aromatic N) is 2. The van der Waals surface area contributed by atoms with Gasteiger partial charge in [-0.05, 0) is 37.2 Å². The molecule has 1 aromatic heterocycles. The molecule has 1 aromatic carbocycles. The quantitative estimate of drug-likeness (QED) is 0.916. The molecule has 0 spiro atoms. The molecule has 1 unspecified atom stereocenters. The molecule has 0 saturated carbocycles. The average molecular weight is 259 g/mol. The van der Waals surface area contributed by atoms with Crippen LogP contribution in [0.3, 0.4) is 0 Å². The van der Waals surface area contributed by atoms with E-state index in [-0.39, 0.29) is 11.9 Å². The van der Waals surface area contributed by atoms with Gasteiger partial charge in [-0.3, -0.25) is 4.98 Å². The Morgan fingerprint density at radius 1 is 1.21 bits per heavy atom. The number of ether oxygens (including phenoxy) is 1. The van der Waals surface area contributed by atoms with Crippen LogP contribution < -0.4 is 10.1 Å². The second-order valence-corrected chi connectivity index (χ2v) is 4.48. The molecule has 5 heteroatoms. The highest BCUT2D eigenvalue weighted by atomic mass is 19.1. The van der Waals surface area contributed by atoms with Gasteiger partial charge in [0.25, 0.3) is 0 Å². The first-order valence-corrected chi connectivity index (χ1v) is 6.26. The lowest BCUT2D eigenvalue weighted by atomic mass is 10.1.